The summed E-state index contributed by atoms with van der Waals surface area (Å²) in [4.78, 5) is 0. The van der Waals surface area contributed by atoms with Crippen LogP contribution in [0, 0.1) is 5.92 Å². The molecule has 0 aromatic heterocycles. The molecule has 12 heavy (non-hydrogen) atoms. The molecule has 74 valence electrons. The Morgan fingerprint density at radius 1 is 1.33 bits per heavy atom. The topological polar surface area (TPSA) is 38.7 Å². The third-order valence-corrected chi connectivity index (χ3v) is 1.29. The van der Waals surface area contributed by atoms with E-state index in [1.807, 2.05) is 27.7 Å². The highest BCUT2D eigenvalue weighted by Gasteiger charge is 2.09. The summed E-state index contributed by atoms with van der Waals surface area (Å²) < 4.78 is 10.5. The van der Waals surface area contributed by atoms with Crippen LogP contribution in [0.2, 0.25) is 0 Å². The number of aliphatic hydroxyl groups is 1. The van der Waals surface area contributed by atoms with Crippen LogP contribution < -0.4 is 0 Å². The minimum atomic E-state index is -0.150. The molecule has 0 radical (unpaired) electrons. The number of ether oxygens (including phenoxy) is 2. The zero-order valence-electron chi connectivity index (χ0n) is 8.46. The van der Waals surface area contributed by atoms with E-state index in [-0.39, 0.29) is 18.1 Å². The molecule has 0 aromatic carbocycles. The quantitative estimate of drug-likeness (QED) is 0.508. The second-order valence-corrected chi connectivity index (χ2v) is 4.03. The second kappa shape index (κ2) is 5.51. The standard InChI is InChI=1S/C9H20O3/c1-8(5-10)6-11-7-12-9(2,3)4/h8,10H,5-7H2,1-4H3. The minimum Gasteiger partial charge on any atom is -0.396 e. The average Bonchev–Trinajstić information content (AvgIpc) is 1.96. The molecule has 0 bridgehead atoms. The zero-order chi connectivity index (χ0) is 9.61. The number of aliphatic hydroxyl groups excluding tert-OH is 1. The predicted octanol–water partition coefficient (Wildman–Crippen LogP) is 1.40. The summed E-state index contributed by atoms with van der Waals surface area (Å²) >= 11 is 0. The summed E-state index contributed by atoms with van der Waals surface area (Å²) in [5, 5.41) is 8.67. The van der Waals surface area contributed by atoms with Gasteiger partial charge in [0.15, 0.2) is 0 Å². The predicted molar refractivity (Wildman–Crippen MR) is 47.9 cm³/mol. The summed E-state index contributed by atoms with van der Waals surface area (Å²) in [6.07, 6.45) is 0. The Hall–Kier alpha value is -0.120. The highest BCUT2D eigenvalue weighted by Crippen LogP contribution is 2.06. The third kappa shape index (κ3) is 7.98. The third-order valence-electron chi connectivity index (χ3n) is 1.29. The van der Waals surface area contributed by atoms with Crippen molar-refractivity contribution in [3.63, 3.8) is 0 Å². The fourth-order valence-corrected chi connectivity index (χ4v) is 0.520. The van der Waals surface area contributed by atoms with Gasteiger partial charge in [0, 0.05) is 12.5 Å². The molecular weight excluding hydrogens is 156 g/mol. The van der Waals surface area contributed by atoms with E-state index in [9.17, 15) is 0 Å². The van der Waals surface area contributed by atoms with Gasteiger partial charge in [0.05, 0.1) is 12.2 Å². The Labute approximate surface area is 74.7 Å². The highest BCUT2D eigenvalue weighted by molar-refractivity contribution is 4.56. The van der Waals surface area contributed by atoms with E-state index in [1.165, 1.54) is 0 Å². The fraction of sp³-hybridized carbons (Fsp3) is 1.00. The Bertz CT molecular complexity index is 107. The lowest BCUT2D eigenvalue weighted by molar-refractivity contribution is -0.126. The number of hydrogen-bond donors (Lipinski definition) is 1. The molecule has 0 heterocycles. The molecule has 0 aliphatic heterocycles. The molecule has 0 saturated carbocycles. The lowest BCUT2D eigenvalue weighted by atomic mass is 10.2. The van der Waals surface area contributed by atoms with Crippen LogP contribution in [0.1, 0.15) is 27.7 Å². The van der Waals surface area contributed by atoms with Crippen molar-refractivity contribution < 1.29 is 14.6 Å². The van der Waals surface area contributed by atoms with Gasteiger partial charge >= 0.3 is 0 Å². The van der Waals surface area contributed by atoms with E-state index in [1.54, 1.807) is 0 Å². The van der Waals surface area contributed by atoms with Gasteiger partial charge in [0.2, 0.25) is 0 Å². The van der Waals surface area contributed by atoms with Crippen molar-refractivity contribution in [3.05, 3.63) is 0 Å². The summed E-state index contributed by atoms with van der Waals surface area (Å²) in [5.74, 6) is 0.188. The van der Waals surface area contributed by atoms with E-state index < -0.39 is 0 Å². The van der Waals surface area contributed by atoms with Gasteiger partial charge in [-0.25, -0.2) is 0 Å². The van der Waals surface area contributed by atoms with Crippen LogP contribution in [-0.2, 0) is 9.47 Å². The van der Waals surface area contributed by atoms with Crippen LogP contribution in [0.25, 0.3) is 0 Å². The molecule has 0 fully saturated rings. The maximum atomic E-state index is 8.67. The van der Waals surface area contributed by atoms with Crippen LogP contribution in [-0.4, -0.2) is 30.7 Å². The van der Waals surface area contributed by atoms with Crippen molar-refractivity contribution >= 4 is 0 Å². The molecule has 1 atom stereocenters. The Balaban J connectivity index is 3.22. The van der Waals surface area contributed by atoms with E-state index in [2.05, 4.69) is 0 Å². The van der Waals surface area contributed by atoms with Crippen LogP contribution in [0.3, 0.4) is 0 Å². The number of hydrogen-bond acceptors (Lipinski definition) is 3. The Kier molecular flexibility index (Phi) is 5.46. The monoisotopic (exact) mass is 176 g/mol. The summed E-state index contributed by atoms with van der Waals surface area (Å²) in [7, 11) is 0. The first-order chi connectivity index (χ1) is 5.45. The molecule has 0 amide bonds. The van der Waals surface area contributed by atoms with Crippen LogP contribution in [0.15, 0.2) is 0 Å². The highest BCUT2D eigenvalue weighted by atomic mass is 16.7. The Morgan fingerprint density at radius 3 is 2.33 bits per heavy atom. The van der Waals surface area contributed by atoms with Gasteiger partial charge in [-0.3, -0.25) is 0 Å². The lowest BCUT2D eigenvalue weighted by Crippen LogP contribution is -2.22. The molecule has 0 aromatic rings. The fourth-order valence-electron chi connectivity index (χ4n) is 0.520. The summed E-state index contributed by atoms with van der Waals surface area (Å²) in [6.45, 7) is 8.87. The van der Waals surface area contributed by atoms with E-state index in [4.69, 9.17) is 14.6 Å². The van der Waals surface area contributed by atoms with Gasteiger partial charge in [0.25, 0.3) is 0 Å². The summed E-state index contributed by atoms with van der Waals surface area (Å²) in [6, 6.07) is 0. The first kappa shape index (κ1) is 11.9. The lowest BCUT2D eigenvalue weighted by Gasteiger charge is -2.19. The molecule has 3 heteroatoms. The Morgan fingerprint density at radius 2 is 1.92 bits per heavy atom. The molecule has 0 saturated heterocycles. The molecule has 1 unspecified atom stereocenters. The van der Waals surface area contributed by atoms with Gasteiger partial charge in [0.1, 0.15) is 6.79 Å². The first-order valence-corrected chi connectivity index (χ1v) is 4.28. The molecule has 1 N–H and O–H groups in total. The average molecular weight is 176 g/mol. The SMILES string of the molecule is CC(CO)COCOC(C)(C)C. The smallest absolute Gasteiger partial charge is 0.147 e. The molecule has 3 nitrogen and oxygen atoms in total. The van der Waals surface area contributed by atoms with E-state index in [0.29, 0.717) is 13.4 Å². The van der Waals surface area contributed by atoms with Gasteiger partial charge in [-0.05, 0) is 20.8 Å². The maximum absolute atomic E-state index is 8.67. The molecule has 0 aliphatic carbocycles. The molecule has 0 spiro atoms. The van der Waals surface area contributed by atoms with Gasteiger partial charge in [-0.15, -0.1) is 0 Å². The van der Waals surface area contributed by atoms with E-state index >= 15 is 0 Å². The molecule has 0 rings (SSSR count). The van der Waals surface area contributed by atoms with Crippen LogP contribution in [0.4, 0.5) is 0 Å². The van der Waals surface area contributed by atoms with Crippen LogP contribution >= 0.6 is 0 Å². The second-order valence-electron chi connectivity index (χ2n) is 4.03. The maximum Gasteiger partial charge on any atom is 0.147 e. The van der Waals surface area contributed by atoms with Crippen molar-refractivity contribution in [1.82, 2.24) is 0 Å². The van der Waals surface area contributed by atoms with E-state index in [0.717, 1.165) is 0 Å². The molecule has 0 aliphatic rings. The van der Waals surface area contributed by atoms with Crippen molar-refractivity contribution in [3.8, 4) is 0 Å². The van der Waals surface area contributed by atoms with Crippen molar-refractivity contribution in [2.45, 2.75) is 33.3 Å². The van der Waals surface area contributed by atoms with Crippen molar-refractivity contribution in [2.24, 2.45) is 5.92 Å². The van der Waals surface area contributed by atoms with Gasteiger partial charge in [-0.1, -0.05) is 6.92 Å². The zero-order valence-corrected chi connectivity index (χ0v) is 8.46. The van der Waals surface area contributed by atoms with Crippen molar-refractivity contribution in [1.29, 1.82) is 0 Å². The number of rotatable bonds is 5. The van der Waals surface area contributed by atoms with Crippen molar-refractivity contribution in [2.75, 3.05) is 20.0 Å². The normalized spacial score (nSPS) is 14.8. The van der Waals surface area contributed by atoms with Crippen LogP contribution in [0.5, 0.6) is 0 Å². The summed E-state index contributed by atoms with van der Waals surface area (Å²) in [5.41, 5.74) is -0.150. The molecular formula is C9H20O3. The van der Waals surface area contributed by atoms with Gasteiger partial charge < -0.3 is 14.6 Å². The van der Waals surface area contributed by atoms with Gasteiger partial charge in [-0.2, -0.15) is 0 Å². The first-order valence-electron chi connectivity index (χ1n) is 4.28. The minimum absolute atomic E-state index is 0.150. The largest absolute Gasteiger partial charge is 0.396 e.